The summed E-state index contributed by atoms with van der Waals surface area (Å²) in [6.45, 7) is 4.44. The van der Waals surface area contributed by atoms with Gasteiger partial charge in [0.1, 0.15) is 0 Å². The number of benzene rings is 3. The van der Waals surface area contributed by atoms with E-state index in [0.29, 0.717) is 0 Å². The van der Waals surface area contributed by atoms with Crippen LogP contribution in [0.15, 0.2) is 66.7 Å². The maximum atomic E-state index is 2.27. The lowest BCUT2D eigenvalue weighted by Crippen LogP contribution is -2.11. The highest BCUT2D eigenvalue weighted by molar-refractivity contribution is 5.55. The van der Waals surface area contributed by atoms with Crippen molar-refractivity contribution < 1.29 is 0 Å². The molecule has 0 aliphatic rings. The van der Waals surface area contributed by atoms with E-state index in [1.54, 1.807) is 0 Å². The van der Waals surface area contributed by atoms with Crippen molar-refractivity contribution in [2.24, 2.45) is 0 Å². The van der Waals surface area contributed by atoms with Crippen LogP contribution in [0.25, 0.3) is 0 Å². The first-order valence-corrected chi connectivity index (χ1v) is 9.49. The topological polar surface area (TPSA) is 6.48 Å². The van der Waals surface area contributed by atoms with Crippen LogP contribution >= 0.6 is 0 Å². The molecule has 3 aromatic carbocycles. The van der Waals surface area contributed by atoms with E-state index < -0.39 is 0 Å². The maximum absolute atomic E-state index is 2.27. The molecule has 0 saturated carbocycles. The van der Waals surface area contributed by atoms with Crippen molar-refractivity contribution in [3.63, 3.8) is 0 Å². The van der Waals surface area contributed by atoms with Crippen molar-refractivity contribution in [1.82, 2.24) is 0 Å². The molecular weight excluding hydrogens is 328 g/mol. The molecule has 0 aromatic heterocycles. The number of hydrogen-bond donors (Lipinski definition) is 0. The minimum absolute atomic E-state index is 0.235. The van der Waals surface area contributed by atoms with Gasteiger partial charge < -0.3 is 9.80 Å². The standard InChI is InChI=1S/C25H30N2/c1-18-8-7-9-19(2)24(18)25(20-10-14-22(15-11-20)26(3)4)21-12-16-23(17-13-21)27(5)6/h7-17,25H,1-6H3. The Kier molecular flexibility index (Phi) is 5.55. The molecule has 0 unspecified atom stereocenters. The SMILES string of the molecule is Cc1cccc(C)c1C(c1ccc(N(C)C)cc1)c1ccc(N(C)C)cc1. The molecule has 0 atom stereocenters. The van der Waals surface area contributed by atoms with Crippen LogP contribution in [0.5, 0.6) is 0 Å². The molecule has 3 rings (SSSR count). The summed E-state index contributed by atoms with van der Waals surface area (Å²) in [5.41, 5.74) is 9.20. The number of anilines is 2. The average Bonchev–Trinajstić information content (AvgIpc) is 2.65. The molecule has 140 valence electrons. The first-order valence-electron chi connectivity index (χ1n) is 9.49. The number of hydrogen-bond acceptors (Lipinski definition) is 2. The van der Waals surface area contributed by atoms with E-state index in [4.69, 9.17) is 0 Å². The van der Waals surface area contributed by atoms with Crippen LogP contribution in [0, 0.1) is 13.8 Å². The fraction of sp³-hybridized carbons (Fsp3) is 0.280. The Morgan fingerprint density at radius 3 is 1.26 bits per heavy atom. The predicted molar refractivity (Wildman–Crippen MR) is 118 cm³/mol. The Balaban J connectivity index is 2.14. The van der Waals surface area contributed by atoms with Gasteiger partial charge >= 0.3 is 0 Å². The van der Waals surface area contributed by atoms with Crippen LogP contribution in [-0.4, -0.2) is 28.2 Å². The molecule has 0 radical (unpaired) electrons. The fourth-order valence-electron chi connectivity index (χ4n) is 3.74. The fourth-order valence-corrected chi connectivity index (χ4v) is 3.74. The Morgan fingerprint density at radius 2 is 0.926 bits per heavy atom. The van der Waals surface area contributed by atoms with Crippen LogP contribution in [0.1, 0.15) is 33.7 Å². The minimum atomic E-state index is 0.235. The van der Waals surface area contributed by atoms with Gasteiger partial charge in [-0.05, 0) is 65.9 Å². The summed E-state index contributed by atoms with van der Waals surface area (Å²) in [6.07, 6.45) is 0. The summed E-state index contributed by atoms with van der Waals surface area (Å²) < 4.78 is 0. The molecule has 0 N–H and O–H groups in total. The number of nitrogens with zero attached hydrogens (tertiary/aromatic N) is 2. The van der Waals surface area contributed by atoms with Crippen LogP contribution in [0.3, 0.4) is 0 Å². The highest BCUT2D eigenvalue weighted by Crippen LogP contribution is 2.37. The molecule has 0 aliphatic carbocycles. The van der Waals surface area contributed by atoms with Gasteiger partial charge in [0.05, 0.1) is 0 Å². The van der Waals surface area contributed by atoms with E-state index in [1.165, 1.54) is 39.2 Å². The van der Waals surface area contributed by atoms with Crippen LogP contribution in [-0.2, 0) is 0 Å². The van der Waals surface area contributed by atoms with E-state index >= 15 is 0 Å². The lowest BCUT2D eigenvalue weighted by atomic mass is 9.81. The van der Waals surface area contributed by atoms with Gasteiger partial charge in [0.2, 0.25) is 0 Å². The lowest BCUT2D eigenvalue weighted by Gasteiger charge is -2.24. The molecule has 0 heterocycles. The normalized spacial score (nSPS) is 10.9. The van der Waals surface area contributed by atoms with E-state index in [-0.39, 0.29) is 5.92 Å². The molecule has 0 aliphatic heterocycles. The molecule has 0 bridgehead atoms. The van der Waals surface area contributed by atoms with Crippen molar-refractivity contribution in [2.45, 2.75) is 19.8 Å². The first kappa shape index (κ1) is 19.0. The Hall–Kier alpha value is -2.74. The maximum Gasteiger partial charge on any atom is 0.0361 e. The smallest absolute Gasteiger partial charge is 0.0361 e. The third-order valence-electron chi connectivity index (χ3n) is 5.32. The van der Waals surface area contributed by atoms with E-state index in [9.17, 15) is 0 Å². The molecule has 2 nitrogen and oxygen atoms in total. The van der Waals surface area contributed by atoms with Crippen LogP contribution in [0.4, 0.5) is 11.4 Å². The van der Waals surface area contributed by atoms with Crippen molar-refractivity contribution in [3.05, 3.63) is 94.5 Å². The quantitative estimate of drug-likeness (QED) is 0.547. The summed E-state index contributed by atoms with van der Waals surface area (Å²) in [6, 6.07) is 24.5. The molecular formula is C25H30N2. The Labute approximate surface area is 164 Å². The Bertz CT molecular complexity index is 819. The number of rotatable bonds is 5. The van der Waals surface area contributed by atoms with Crippen LogP contribution in [0.2, 0.25) is 0 Å². The largest absolute Gasteiger partial charge is 0.378 e. The zero-order valence-electron chi connectivity index (χ0n) is 17.3. The summed E-state index contributed by atoms with van der Waals surface area (Å²) in [4.78, 5) is 4.29. The second-order valence-electron chi connectivity index (χ2n) is 7.71. The van der Waals surface area contributed by atoms with Gasteiger partial charge in [-0.25, -0.2) is 0 Å². The third kappa shape index (κ3) is 4.00. The van der Waals surface area contributed by atoms with Crippen molar-refractivity contribution in [2.75, 3.05) is 38.0 Å². The highest BCUT2D eigenvalue weighted by Gasteiger charge is 2.20. The molecule has 0 spiro atoms. The lowest BCUT2D eigenvalue weighted by molar-refractivity contribution is 0.945. The van der Waals surface area contributed by atoms with E-state index in [1.807, 2.05) is 0 Å². The second-order valence-corrected chi connectivity index (χ2v) is 7.71. The van der Waals surface area contributed by atoms with Crippen molar-refractivity contribution in [1.29, 1.82) is 0 Å². The summed E-state index contributed by atoms with van der Waals surface area (Å²) in [5, 5.41) is 0. The predicted octanol–water partition coefficient (Wildman–Crippen LogP) is 5.62. The molecule has 0 saturated heterocycles. The molecule has 27 heavy (non-hydrogen) atoms. The van der Waals surface area contributed by atoms with Gasteiger partial charge in [0.25, 0.3) is 0 Å². The summed E-state index contributed by atoms with van der Waals surface area (Å²) in [7, 11) is 8.33. The van der Waals surface area contributed by atoms with Gasteiger partial charge in [-0.3, -0.25) is 0 Å². The third-order valence-corrected chi connectivity index (χ3v) is 5.32. The van der Waals surface area contributed by atoms with Crippen LogP contribution < -0.4 is 9.80 Å². The van der Waals surface area contributed by atoms with Gasteiger partial charge in [-0.15, -0.1) is 0 Å². The van der Waals surface area contributed by atoms with E-state index in [2.05, 4.69) is 119 Å². The second kappa shape index (κ2) is 7.87. The van der Waals surface area contributed by atoms with Gasteiger partial charge in [0.15, 0.2) is 0 Å². The summed E-state index contributed by atoms with van der Waals surface area (Å²) in [5.74, 6) is 0.235. The van der Waals surface area contributed by atoms with Crippen molar-refractivity contribution >= 4 is 11.4 Å². The molecule has 0 amide bonds. The molecule has 2 heteroatoms. The first-order chi connectivity index (χ1) is 12.9. The Morgan fingerprint density at radius 1 is 0.556 bits per heavy atom. The summed E-state index contributed by atoms with van der Waals surface area (Å²) >= 11 is 0. The molecule has 0 fully saturated rings. The van der Waals surface area contributed by atoms with Gasteiger partial charge in [0, 0.05) is 45.5 Å². The van der Waals surface area contributed by atoms with Crippen molar-refractivity contribution in [3.8, 4) is 0 Å². The zero-order chi connectivity index (χ0) is 19.6. The average molecular weight is 359 g/mol. The van der Waals surface area contributed by atoms with E-state index in [0.717, 1.165) is 0 Å². The monoisotopic (exact) mass is 358 g/mol. The minimum Gasteiger partial charge on any atom is -0.378 e. The number of aryl methyl sites for hydroxylation is 2. The molecule has 3 aromatic rings. The van der Waals surface area contributed by atoms with Gasteiger partial charge in [-0.1, -0.05) is 42.5 Å². The highest BCUT2D eigenvalue weighted by atomic mass is 15.1. The zero-order valence-corrected chi connectivity index (χ0v) is 17.3. The van der Waals surface area contributed by atoms with Gasteiger partial charge in [-0.2, -0.15) is 0 Å².